The molecule has 1 saturated heterocycles. The van der Waals surface area contributed by atoms with E-state index in [1.165, 1.54) is 16.2 Å². The van der Waals surface area contributed by atoms with Gasteiger partial charge in [0.05, 0.1) is 24.6 Å². The second-order valence-corrected chi connectivity index (χ2v) is 9.73. The molecule has 5 heteroatoms. The van der Waals surface area contributed by atoms with E-state index >= 15 is 0 Å². The second kappa shape index (κ2) is 7.62. The van der Waals surface area contributed by atoms with Gasteiger partial charge >= 0.3 is 0 Å². The van der Waals surface area contributed by atoms with E-state index in [4.69, 9.17) is 4.74 Å². The Kier molecular flexibility index (Phi) is 4.68. The SMILES string of the molecule is COc1ccc(N2C(=O)[C@H]3[C@H]4CC(c5ccccc5)CC[C@H]4c4[nH]c(C)cc4[C@H]3C2=O)cc1. The number of H-pyrrole nitrogens is 1. The van der Waals surface area contributed by atoms with Crippen LogP contribution in [0.25, 0.3) is 0 Å². The van der Waals surface area contributed by atoms with Crippen LogP contribution in [0.5, 0.6) is 5.75 Å². The minimum atomic E-state index is -0.407. The van der Waals surface area contributed by atoms with Crippen molar-refractivity contribution in [2.75, 3.05) is 12.0 Å². The molecule has 2 amide bonds. The van der Waals surface area contributed by atoms with E-state index in [9.17, 15) is 9.59 Å². The number of aromatic nitrogens is 1. The van der Waals surface area contributed by atoms with Crippen LogP contribution in [0.1, 0.15) is 59.5 Å². The Hall–Kier alpha value is -3.34. The van der Waals surface area contributed by atoms with Gasteiger partial charge in [0.2, 0.25) is 11.8 Å². The summed E-state index contributed by atoms with van der Waals surface area (Å²) in [6.45, 7) is 2.04. The van der Waals surface area contributed by atoms with Gasteiger partial charge in [0.15, 0.2) is 0 Å². The maximum Gasteiger partial charge on any atom is 0.242 e. The lowest BCUT2D eigenvalue weighted by Crippen LogP contribution is -2.39. The Morgan fingerprint density at radius 1 is 0.970 bits per heavy atom. The van der Waals surface area contributed by atoms with Gasteiger partial charge in [-0.15, -0.1) is 0 Å². The predicted octanol–water partition coefficient (Wildman–Crippen LogP) is 5.29. The van der Waals surface area contributed by atoms with Crippen LogP contribution in [0.4, 0.5) is 5.69 Å². The number of ether oxygens (including phenoxy) is 1. The van der Waals surface area contributed by atoms with Crippen molar-refractivity contribution < 1.29 is 14.3 Å². The van der Waals surface area contributed by atoms with Gasteiger partial charge in [-0.2, -0.15) is 0 Å². The Morgan fingerprint density at radius 2 is 1.73 bits per heavy atom. The Morgan fingerprint density at radius 3 is 2.45 bits per heavy atom. The van der Waals surface area contributed by atoms with Crippen LogP contribution in [0.15, 0.2) is 60.7 Å². The van der Waals surface area contributed by atoms with Crippen LogP contribution < -0.4 is 9.64 Å². The second-order valence-electron chi connectivity index (χ2n) is 9.73. The number of carbonyl (C=O) groups excluding carboxylic acids is 2. The lowest BCUT2D eigenvalue weighted by molar-refractivity contribution is -0.123. The summed E-state index contributed by atoms with van der Waals surface area (Å²) in [6.07, 6.45) is 3.07. The van der Waals surface area contributed by atoms with Crippen molar-refractivity contribution in [3.05, 3.63) is 83.2 Å². The van der Waals surface area contributed by atoms with Crippen molar-refractivity contribution in [3.63, 3.8) is 0 Å². The van der Waals surface area contributed by atoms with Crippen LogP contribution in [0.3, 0.4) is 0 Å². The van der Waals surface area contributed by atoms with Gasteiger partial charge in [-0.1, -0.05) is 30.3 Å². The third-order valence-corrected chi connectivity index (χ3v) is 8.03. The molecule has 1 unspecified atom stereocenters. The predicted molar refractivity (Wildman–Crippen MR) is 127 cm³/mol. The van der Waals surface area contributed by atoms with E-state index in [1.807, 2.05) is 13.0 Å². The standard InChI is InChI=1S/C28H28N2O3/c1-16-14-23-25-24(27(31)30(28(25)32)19-9-11-20(33-2)12-10-19)22-15-18(17-6-4-3-5-7-17)8-13-21(22)26(23)29-16/h3-7,9-12,14,18,21-22,24-25,29H,8,13,15H2,1-2H3/t18?,21-,22+,24+,25-/m1/s1. The fourth-order valence-electron chi connectivity index (χ4n) is 6.62. The highest BCUT2D eigenvalue weighted by Crippen LogP contribution is 2.58. The molecule has 1 aliphatic heterocycles. The highest BCUT2D eigenvalue weighted by molar-refractivity contribution is 6.24. The first kappa shape index (κ1) is 20.3. The van der Waals surface area contributed by atoms with E-state index in [0.717, 1.165) is 30.5 Å². The molecule has 1 aromatic heterocycles. The Bertz CT molecular complexity index is 1210. The number of rotatable bonds is 3. The van der Waals surface area contributed by atoms with E-state index in [-0.39, 0.29) is 23.7 Å². The van der Waals surface area contributed by atoms with Gasteiger partial charge in [-0.3, -0.25) is 9.59 Å². The van der Waals surface area contributed by atoms with E-state index in [1.54, 1.807) is 31.4 Å². The number of fused-ring (bicyclic) bond motifs is 6. The molecule has 168 valence electrons. The van der Waals surface area contributed by atoms with Crippen LogP contribution >= 0.6 is 0 Å². The molecule has 2 aliphatic carbocycles. The Labute approximate surface area is 193 Å². The largest absolute Gasteiger partial charge is 0.497 e. The number of nitrogens with zero attached hydrogens (tertiary/aromatic N) is 1. The summed E-state index contributed by atoms with van der Waals surface area (Å²) < 4.78 is 5.26. The van der Waals surface area contributed by atoms with Gasteiger partial charge in [0.25, 0.3) is 0 Å². The van der Waals surface area contributed by atoms with Crippen molar-refractivity contribution in [1.29, 1.82) is 0 Å². The van der Waals surface area contributed by atoms with E-state index in [0.29, 0.717) is 23.3 Å². The van der Waals surface area contributed by atoms with Crippen molar-refractivity contribution in [2.45, 2.75) is 43.9 Å². The summed E-state index contributed by atoms with van der Waals surface area (Å²) in [5.74, 6) is 0.704. The van der Waals surface area contributed by atoms with Gasteiger partial charge < -0.3 is 9.72 Å². The minimum Gasteiger partial charge on any atom is -0.497 e. The van der Waals surface area contributed by atoms with Gasteiger partial charge in [0, 0.05) is 17.3 Å². The molecule has 5 atom stereocenters. The summed E-state index contributed by atoms with van der Waals surface area (Å²) in [5, 5.41) is 0. The monoisotopic (exact) mass is 440 g/mol. The number of hydrogen-bond acceptors (Lipinski definition) is 3. The summed E-state index contributed by atoms with van der Waals surface area (Å²) in [4.78, 5) is 32.6. The molecule has 2 fully saturated rings. The lowest BCUT2D eigenvalue weighted by atomic mass is 9.59. The average Bonchev–Trinajstić information content (AvgIpc) is 3.36. The van der Waals surface area contributed by atoms with Crippen LogP contribution in [-0.2, 0) is 9.59 Å². The van der Waals surface area contributed by atoms with Crippen molar-refractivity contribution in [2.24, 2.45) is 11.8 Å². The third kappa shape index (κ3) is 3.05. The molecule has 3 aromatic rings. The summed E-state index contributed by atoms with van der Waals surface area (Å²) >= 11 is 0. The average molecular weight is 441 g/mol. The fraction of sp³-hybridized carbons (Fsp3) is 0.357. The molecular weight excluding hydrogens is 412 g/mol. The number of methoxy groups -OCH3 is 1. The molecule has 0 spiro atoms. The first-order valence-electron chi connectivity index (χ1n) is 11.8. The zero-order valence-electron chi connectivity index (χ0n) is 19.0. The summed E-state index contributed by atoms with van der Waals surface area (Å²) in [6, 6.07) is 19.9. The van der Waals surface area contributed by atoms with Crippen LogP contribution in [-0.4, -0.2) is 23.9 Å². The highest BCUT2D eigenvalue weighted by Gasteiger charge is 2.58. The molecule has 33 heavy (non-hydrogen) atoms. The normalized spacial score (nSPS) is 28.3. The Balaban J connectivity index is 1.42. The molecule has 0 radical (unpaired) electrons. The van der Waals surface area contributed by atoms with E-state index < -0.39 is 5.92 Å². The number of anilines is 1. The maximum absolute atomic E-state index is 13.9. The topological polar surface area (TPSA) is 62.4 Å². The first-order valence-corrected chi connectivity index (χ1v) is 11.8. The quantitative estimate of drug-likeness (QED) is 0.563. The molecule has 5 nitrogen and oxygen atoms in total. The third-order valence-electron chi connectivity index (χ3n) is 8.03. The van der Waals surface area contributed by atoms with Gasteiger partial charge in [0.1, 0.15) is 5.75 Å². The number of imide groups is 1. The van der Waals surface area contributed by atoms with Crippen LogP contribution in [0, 0.1) is 18.8 Å². The van der Waals surface area contributed by atoms with Crippen molar-refractivity contribution in [1.82, 2.24) is 4.98 Å². The number of nitrogens with one attached hydrogen (secondary N) is 1. The van der Waals surface area contributed by atoms with Gasteiger partial charge in [-0.05, 0) is 79.5 Å². The summed E-state index contributed by atoms with van der Waals surface area (Å²) in [5.41, 5.74) is 5.24. The minimum absolute atomic E-state index is 0.0524. The molecule has 3 aliphatic rings. The number of amides is 2. The number of hydrogen-bond donors (Lipinski definition) is 1. The lowest BCUT2D eigenvalue weighted by Gasteiger charge is -2.43. The van der Waals surface area contributed by atoms with Crippen LogP contribution in [0.2, 0.25) is 0 Å². The van der Waals surface area contributed by atoms with E-state index in [2.05, 4.69) is 35.3 Å². The zero-order chi connectivity index (χ0) is 22.7. The number of carbonyl (C=O) groups is 2. The molecule has 2 aromatic carbocycles. The smallest absolute Gasteiger partial charge is 0.242 e. The van der Waals surface area contributed by atoms with Crippen molar-refractivity contribution in [3.8, 4) is 5.75 Å². The molecule has 1 N–H and O–H groups in total. The van der Waals surface area contributed by atoms with Crippen molar-refractivity contribution >= 4 is 17.5 Å². The molecule has 0 bridgehead atoms. The zero-order valence-corrected chi connectivity index (χ0v) is 19.0. The molecule has 6 rings (SSSR count). The number of aryl methyl sites for hydroxylation is 1. The molecule has 2 heterocycles. The summed E-state index contributed by atoms with van der Waals surface area (Å²) in [7, 11) is 1.61. The number of aromatic amines is 1. The highest BCUT2D eigenvalue weighted by atomic mass is 16.5. The van der Waals surface area contributed by atoms with Gasteiger partial charge in [-0.25, -0.2) is 4.90 Å². The molecule has 1 saturated carbocycles. The number of benzene rings is 2. The fourth-order valence-corrected chi connectivity index (χ4v) is 6.62. The maximum atomic E-state index is 13.9. The molecular formula is C28H28N2O3. The first-order chi connectivity index (χ1) is 16.1.